The van der Waals surface area contributed by atoms with Gasteiger partial charge in [0.05, 0.1) is 0 Å². The Morgan fingerprint density at radius 1 is 1.05 bits per heavy atom. The Bertz CT molecular complexity index is 577. The van der Waals surface area contributed by atoms with E-state index >= 15 is 0 Å². The number of hydrogen-bond donors (Lipinski definition) is 0. The SMILES string of the molecule is CCc1c(Cl)nc(C2Cc3ccccc3C2)nc1Cl. The van der Waals surface area contributed by atoms with Crippen LogP contribution in [0.4, 0.5) is 0 Å². The normalized spacial score (nSPS) is 14.7. The van der Waals surface area contributed by atoms with Crippen molar-refractivity contribution in [2.45, 2.75) is 32.1 Å². The average Bonchev–Trinajstić information content (AvgIpc) is 2.82. The Hall–Kier alpha value is -1.12. The van der Waals surface area contributed by atoms with Gasteiger partial charge < -0.3 is 0 Å². The predicted molar refractivity (Wildman–Crippen MR) is 78.0 cm³/mol. The van der Waals surface area contributed by atoms with E-state index in [1.165, 1.54) is 11.1 Å². The van der Waals surface area contributed by atoms with Gasteiger partial charge >= 0.3 is 0 Å². The van der Waals surface area contributed by atoms with Crippen LogP contribution in [0.25, 0.3) is 0 Å². The Kier molecular flexibility index (Phi) is 3.46. The highest BCUT2D eigenvalue weighted by molar-refractivity contribution is 6.34. The molecule has 2 nitrogen and oxygen atoms in total. The first kappa shape index (κ1) is 12.9. The Balaban J connectivity index is 1.94. The molecule has 3 rings (SSSR count). The summed E-state index contributed by atoms with van der Waals surface area (Å²) in [4.78, 5) is 8.88. The van der Waals surface area contributed by atoms with Gasteiger partial charge in [0.2, 0.25) is 0 Å². The van der Waals surface area contributed by atoms with Gasteiger partial charge in [-0.3, -0.25) is 0 Å². The topological polar surface area (TPSA) is 25.8 Å². The molecule has 0 fully saturated rings. The fraction of sp³-hybridized carbons (Fsp3) is 0.333. The molecule has 0 amide bonds. The van der Waals surface area contributed by atoms with E-state index in [2.05, 4.69) is 34.2 Å². The second-order valence-corrected chi connectivity index (χ2v) is 5.59. The third-order valence-corrected chi connectivity index (χ3v) is 4.32. The minimum atomic E-state index is 0.290. The van der Waals surface area contributed by atoms with Crippen molar-refractivity contribution in [1.29, 1.82) is 0 Å². The number of fused-ring (bicyclic) bond motifs is 1. The van der Waals surface area contributed by atoms with Crippen molar-refractivity contribution in [1.82, 2.24) is 9.97 Å². The lowest BCUT2D eigenvalue weighted by molar-refractivity contribution is 0.679. The molecule has 1 heterocycles. The first-order valence-electron chi connectivity index (χ1n) is 6.47. The fourth-order valence-corrected chi connectivity index (χ4v) is 3.33. The standard InChI is InChI=1S/C15H14Cl2N2/c1-2-12-13(16)18-15(19-14(12)17)11-7-9-5-3-4-6-10(9)8-11/h3-6,11H,2,7-8H2,1H3. The summed E-state index contributed by atoms with van der Waals surface area (Å²) in [6, 6.07) is 8.47. The molecule has 1 aromatic carbocycles. The highest BCUT2D eigenvalue weighted by Crippen LogP contribution is 2.34. The van der Waals surface area contributed by atoms with Crippen LogP contribution in [-0.4, -0.2) is 9.97 Å². The molecule has 0 aliphatic heterocycles. The summed E-state index contributed by atoms with van der Waals surface area (Å²) in [5, 5.41) is 0.988. The van der Waals surface area contributed by atoms with E-state index in [0.717, 1.165) is 30.7 Å². The van der Waals surface area contributed by atoms with Gasteiger partial charge in [-0.05, 0) is 30.4 Å². The van der Waals surface area contributed by atoms with E-state index in [-0.39, 0.29) is 0 Å². The van der Waals surface area contributed by atoms with Gasteiger partial charge in [-0.1, -0.05) is 54.4 Å². The summed E-state index contributed by atoms with van der Waals surface area (Å²) in [6.45, 7) is 2.00. The average molecular weight is 293 g/mol. The van der Waals surface area contributed by atoms with Crippen LogP contribution in [0.15, 0.2) is 24.3 Å². The van der Waals surface area contributed by atoms with E-state index in [4.69, 9.17) is 23.2 Å². The maximum atomic E-state index is 6.19. The van der Waals surface area contributed by atoms with Gasteiger partial charge in [0.1, 0.15) is 16.1 Å². The second kappa shape index (κ2) is 5.10. The molecular weight excluding hydrogens is 279 g/mol. The minimum Gasteiger partial charge on any atom is -0.220 e. The number of nitrogens with zero attached hydrogens (tertiary/aromatic N) is 2. The lowest BCUT2D eigenvalue weighted by Gasteiger charge is -2.11. The molecular formula is C15H14Cl2N2. The summed E-state index contributed by atoms with van der Waals surface area (Å²) in [6.07, 6.45) is 2.69. The molecule has 0 saturated carbocycles. The summed E-state index contributed by atoms with van der Waals surface area (Å²) < 4.78 is 0. The number of hydrogen-bond acceptors (Lipinski definition) is 2. The van der Waals surface area contributed by atoms with Crippen molar-refractivity contribution in [3.05, 3.63) is 57.1 Å². The number of halogens is 2. The first-order valence-corrected chi connectivity index (χ1v) is 7.23. The summed E-state index contributed by atoms with van der Waals surface area (Å²) in [5.41, 5.74) is 3.59. The minimum absolute atomic E-state index is 0.290. The Labute approximate surface area is 122 Å². The largest absolute Gasteiger partial charge is 0.220 e. The van der Waals surface area contributed by atoms with E-state index in [9.17, 15) is 0 Å². The maximum absolute atomic E-state index is 6.19. The van der Waals surface area contributed by atoms with Gasteiger partial charge in [-0.25, -0.2) is 9.97 Å². The van der Waals surface area contributed by atoms with Crippen LogP contribution in [0.5, 0.6) is 0 Å². The molecule has 19 heavy (non-hydrogen) atoms. The molecule has 0 radical (unpaired) electrons. The maximum Gasteiger partial charge on any atom is 0.137 e. The van der Waals surface area contributed by atoms with Crippen molar-refractivity contribution >= 4 is 23.2 Å². The van der Waals surface area contributed by atoms with Gasteiger partial charge in [-0.15, -0.1) is 0 Å². The zero-order valence-corrected chi connectivity index (χ0v) is 12.2. The van der Waals surface area contributed by atoms with Crippen LogP contribution >= 0.6 is 23.2 Å². The van der Waals surface area contributed by atoms with E-state index in [0.29, 0.717) is 16.2 Å². The highest BCUT2D eigenvalue weighted by Gasteiger charge is 2.26. The van der Waals surface area contributed by atoms with Crippen molar-refractivity contribution in [3.63, 3.8) is 0 Å². The summed E-state index contributed by atoms with van der Waals surface area (Å²) in [7, 11) is 0. The van der Waals surface area contributed by atoms with Crippen LogP contribution in [0.1, 0.15) is 35.4 Å². The summed E-state index contributed by atoms with van der Waals surface area (Å²) in [5.74, 6) is 1.06. The molecule has 1 aliphatic carbocycles. The molecule has 0 bridgehead atoms. The first-order chi connectivity index (χ1) is 9.19. The monoisotopic (exact) mass is 292 g/mol. The van der Waals surface area contributed by atoms with Gasteiger partial charge in [0.25, 0.3) is 0 Å². The van der Waals surface area contributed by atoms with E-state index in [1.54, 1.807) is 0 Å². The van der Waals surface area contributed by atoms with Gasteiger partial charge in [-0.2, -0.15) is 0 Å². The number of aromatic nitrogens is 2. The molecule has 98 valence electrons. The molecule has 0 spiro atoms. The van der Waals surface area contributed by atoms with Crippen LogP contribution < -0.4 is 0 Å². The van der Waals surface area contributed by atoms with Gasteiger partial charge in [0.15, 0.2) is 0 Å². The van der Waals surface area contributed by atoms with Crippen molar-refractivity contribution in [2.24, 2.45) is 0 Å². The summed E-state index contributed by atoms with van der Waals surface area (Å²) >= 11 is 12.4. The molecule has 4 heteroatoms. The molecule has 1 aliphatic rings. The van der Waals surface area contributed by atoms with Crippen molar-refractivity contribution in [3.8, 4) is 0 Å². The van der Waals surface area contributed by atoms with E-state index in [1.807, 2.05) is 6.92 Å². The molecule has 0 saturated heterocycles. The van der Waals surface area contributed by atoms with Crippen LogP contribution in [0.3, 0.4) is 0 Å². The zero-order valence-electron chi connectivity index (χ0n) is 10.7. The Morgan fingerprint density at radius 2 is 1.58 bits per heavy atom. The van der Waals surface area contributed by atoms with Crippen LogP contribution in [-0.2, 0) is 19.3 Å². The van der Waals surface area contributed by atoms with E-state index < -0.39 is 0 Å². The predicted octanol–water partition coefficient (Wildman–Crippen LogP) is 4.23. The third-order valence-electron chi connectivity index (χ3n) is 3.69. The molecule has 0 atom stereocenters. The lowest BCUT2D eigenvalue weighted by atomic mass is 10.1. The molecule has 0 N–H and O–H groups in total. The number of benzene rings is 1. The number of rotatable bonds is 2. The zero-order chi connectivity index (χ0) is 13.4. The van der Waals surface area contributed by atoms with Crippen molar-refractivity contribution < 1.29 is 0 Å². The third kappa shape index (κ3) is 2.35. The molecule has 1 aromatic heterocycles. The van der Waals surface area contributed by atoms with Crippen LogP contribution in [0.2, 0.25) is 10.3 Å². The van der Waals surface area contributed by atoms with Gasteiger partial charge in [0, 0.05) is 11.5 Å². The molecule has 0 unspecified atom stereocenters. The smallest absolute Gasteiger partial charge is 0.137 e. The Morgan fingerprint density at radius 3 is 2.05 bits per heavy atom. The van der Waals surface area contributed by atoms with Crippen LogP contribution in [0, 0.1) is 0 Å². The highest BCUT2D eigenvalue weighted by atomic mass is 35.5. The lowest BCUT2D eigenvalue weighted by Crippen LogP contribution is -2.07. The second-order valence-electron chi connectivity index (χ2n) is 4.87. The quantitative estimate of drug-likeness (QED) is 0.774. The molecule has 2 aromatic rings. The fourth-order valence-electron chi connectivity index (χ4n) is 2.66. The van der Waals surface area contributed by atoms with Crippen molar-refractivity contribution in [2.75, 3.05) is 0 Å².